The zero-order valence-electron chi connectivity index (χ0n) is 15.8. The van der Waals surface area contributed by atoms with E-state index < -0.39 is 20.0 Å². The highest BCUT2D eigenvalue weighted by molar-refractivity contribution is 7.92. The predicted octanol–water partition coefficient (Wildman–Crippen LogP) is 2.97. The van der Waals surface area contributed by atoms with Crippen molar-refractivity contribution in [3.8, 4) is 0 Å². The summed E-state index contributed by atoms with van der Waals surface area (Å²) >= 11 is 0. The summed E-state index contributed by atoms with van der Waals surface area (Å²) in [6.07, 6.45) is 0. The maximum absolute atomic E-state index is 12.8. The molecule has 6 nitrogen and oxygen atoms in total. The number of hydrogen-bond acceptors (Lipinski definition) is 4. The van der Waals surface area contributed by atoms with E-state index in [1.54, 1.807) is 32.0 Å². The second kappa shape index (κ2) is 7.02. The van der Waals surface area contributed by atoms with Gasteiger partial charge in [-0.1, -0.05) is 6.07 Å². The van der Waals surface area contributed by atoms with Gasteiger partial charge in [0.05, 0.1) is 15.5 Å². The van der Waals surface area contributed by atoms with Gasteiger partial charge >= 0.3 is 0 Å². The Morgan fingerprint density at radius 3 is 1.88 bits per heavy atom. The second-order valence-electron chi connectivity index (χ2n) is 6.55. The number of rotatable bonds is 5. The number of nitrogens with zero attached hydrogens (tertiary/aromatic N) is 1. The van der Waals surface area contributed by atoms with Crippen LogP contribution in [0.2, 0.25) is 0 Å². The van der Waals surface area contributed by atoms with Gasteiger partial charge in [0.25, 0.3) is 10.0 Å². The molecule has 26 heavy (non-hydrogen) atoms. The minimum Gasteiger partial charge on any atom is -0.279 e. The zero-order valence-corrected chi connectivity index (χ0v) is 17.4. The Balaban J connectivity index is 2.55. The van der Waals surface area contributed by atoms with E-state index in [0.29, 0.717) is 11.1 Å². The van der Waals surface area contributed by atoms with Gasteiger partial charge in [-0.15, -0.1) is 0 Å². The normalized spacial score (nSPS) is 12.4. The van der Waals surface area contributed by atoms with Crippen LogP contribution in [0.3, 0.4) is 0 Å². The first-order valence-corrected chi connectivity index (χ1v) is 10.9. The Bertz CT molecular complexity index is 1060. The molecule has 0 saturated carbocycles. The molecule has 0 radical (unpaired) electrons. The molecular formula is C18H24N2O4S2. The maximum atomic E-state index is 12.8. The molecule has 142 valence electrons. The lowest BCUT2D eigenvalue weighted by molar-refractivity contribution is 0.520. The first kappa shape index (κ1) is 20.4. The van der Waals surface area contributed by atoms with Crippen LogP contribution >= 0.6 is 0 Å². The molecule has 0 fully saturated rings. The number of aryl methyl sites for hydroxylation is 3. The van der Waals surface area contributed by atoms with E-state index in [-0.39, 0.29) is 15.5 Å². The molecule has 0 aliphatic rings. The quantitative estimate of drug-likeness (QED) is 0.842. The Labute approximate surface area is 156 Å². The number of hydrogen-bond donors (Lipinski definition) is 1. The van der Waals surface area contributed by atoms with Gasteiger partial charge in [-0.3, -0.25) is 4.72 Å². The summed E-state index contributed by atoms with van der Waals surface area (Å²) in [5.74, 6) is 0. The fourth-order valence-electron chi connectivity index (χ4n) is 2.38. The van der Waals surface area contributed by atoms with Crippen molar-refractivity contribution in [1.82, 2.24) is 4.31 Å². The van der Waals surface area contributed by atoms with Crippen molar-refractivity contribution in [2.45, 2.75) is 37.5 Å². The minimum absolute atomic E-state index is 0.0448. The SMILES string of the molecule is Cc1ccc(S(=O)(=O)Nc2cc(S(=O)(=O)N(C)C)cc(C)c2C)cc1C. The minimum atomic E-state index is -3.83. The van der Waals surface area contributed by atoms with Crippen LogP contribution in [0.1, 0.15) is 22.3 Å². The van der Waals surface area contributed by atoms with Crippen LogP contribution in [-0.2, 0) is 20.0 Å². The van der Waals surface area contributed by atoms with Crippen molar-refractivity contribution in [2.75, 3.05) is 18.8 Å². The number of benzene rings is 2. The topological polar surface area (TPSA) is 83.5 Å². The molecule has 0 spiro atoms. The van der Waals surface area contributed by atoms with Gasteiger partial charge in [0.1, 0.15) is 0 Å². The lowest BCUT2D eigenvalue weighted by Crippen LogP contribution is -2.23. The molecule has 0 heterocycles. The molecule has 8 heteroatoms. The van der Waals surface area contributed by atoms with Gasteiger partial charge in [-0.2, -0.15) is 0 Å². The third-order valence-electron chi connectivity index (χ3n) is 4.45. The van der Waals surface area contributed by atoms with E-state index in [1.807, 2.05) is 13.8 Å². The van der Waals surface area contributed by atoms with Crippen molar-refractivity contribution < 1.29 is 16.8 Å². The van der Waals surface area contributed by atoms with Crippen LogP contribution in [0.25, 0.3) is 0 Å². The summed E-state index contributed by atoms with van der Waals surface area (Å²) < 4.78 is 54.0. The van der Waals surface area contributed by atoms with Crippen molar-refractivity contribution in [3.63, 3.8) is 0 Å². The van der Waals surface area contributed by atoms with Gasteiger partial charge in [0.2, 0.25) is 10.0 Å². The first-order valence-electron chi connectivity index (χ1n) is 8.00. The molecule has 0 atom stereocenters. The third kappa shape index (κ3) is 3.92. The Morgan fingerprint density at radius 1 is 0.769 bits per heavy atom. The van der Waals surface area contributed by atoms with E-state index in [9.17, 15) is 16.8 Å². The molecule has 2 rings (SSSR count). The molecule has 0 amide bonds. The van der Waals surface area contributed by atoms with Crippen LogP contribution in [0.15, 0.2) is 40.1 Å². The van der Waals surface area contributed by atoms with Crippen LogP contribution in [-0.4, -0.2) is 35.2 Å². The fraction of sp³-hybridized carbons (Fsp3) is 0.333. The van der Waals surface area contributed by atoms with Crippen molar-refractivity contribution >= 4 is 25.7 Å². The summed E-state index contributed by atoms with van der Waals surface area (Å²) in [4.78, 5) is 0.182. The van der Waals surface area contributed by atoms with Crippen molar-refractivity contribution in [1.29, 1.82) is 0 Å². The van der Waals surface area contributed by atoms with E-state index in [1.165, 1.54) is 26.2 Å². The van der Waals surface area contributed by atoms with Crippen LogP contribution in [0, 0.1) is 27.7 Å². The monoisotopic (exact) mass is 396 g/mol. The summed E-state index contributed by atoms with van der Waals surface area (Å²) in [6.45, 7) is 7.24. The second-order valence-corrected chi connectivity index (χ2v) is 10.4. The smallest absolute Gasteiger partial charge is 0.261 e. The van der Waals surface area contributed by atoms with Crippen molar-refractivity contribution in [2.24, 2.45) is 0 Å². The summed E-state index contributed by atoms with van der Waals surface area (Å²) in [5.41, 5.74) is 3.48. The predicted molar refractivity (Wildman–Crippen MR) is 104 cm³/mol. The molecule has 0 aliphatic heterocycles. The highest BCUT2D eigenvalue weighted by Gasteiger charge is 2.22. The van der Waals surface area contributed by atoms with Gasteiger partial charge in [-0.25, -0.2) is 21.1 Å². The molecule has 0 saturated heterocycles. The first-order chi connectivity index (χ1) is 11.9. The maximum Gasteiger partial charge on any atom is 0.261 e. The Kier molecular flexibility index (Phi) is 5.51. The third-order valence-corrected chi connectivity index (χ3v) is 7.61. The van der Waals surface area contributed by atoms with Crippen LogP contribution < -0.4 is 4.72 Å². The van der Waals surface area contributed by atoms with Gasteiger partial charge < -0.3 is 0 Å². The van der Waals surface area contributed by atoms with E-state index in [2.05, 4.69) is 4.72 Å². The number of anilines is 1. The molecule has 0 unspecified atom stereocenters. The highest BCUT2D eigenvalue weighted by atomic mass is 32.2. The van der Waals surface area contributed by atoms with Gasteiger partial charge in [-0.05, 0) is 74.2 Å². The van der Waals surface area contributed by atoms with Gasteiger partial charge in [0, 0.05) is 14.1 Å². The molecule has 0 aromatic heterocycles. The number of nitrogens with one attached hydrogen (secondary N) is 1. The van der Waals surface area contributed by atoms with Gasteiger partial charge in [0.15, 0.2) is 0 Å². The van der Waals surface area contributed by atoms with Crippen LogP contribution in [0.4, 0.5) is 5.69 Å². The number of sulfonamides is 2. The largest absolute Gasteiger partial charge is 0.279 e. The fourth-order valence-corrected chi connectivity index (χ4v) is 4.59. The zero-order chi connectivity index (χ0) is 19.9. The van der Waals surface area contributed by atoms with E-state index in [4.69, 9.17) is 0 Å². The average Bonchev–Trinajstić information content (AvgIpc) is 2.53. The Morgan fingerprint density at radius 2 is 1.35 bits per heavy atom. The van der Waals surface area contributed by atoms with Crippen molar-refractivity contribution in [3.05, 3.63) is 52.6 Å². The molecule has 0 bridgehead atoms. The Hall–Kier alpha value is -1.90. The molecule has 0 aliphatic carbocycles. The average molecular weight is 397 g/mol. The molecule has 2 aromatic rings. The molecule has 1 N–H and O–H groups in total. The summed E-state index contributed by atoms with van der Waals surface area (Å²) in [5, 5.41) is 0. The highest BCUT2D eigenvalue weighted by Crippen LogP contribution is 2.28. The van der Waals surface area contributed by atoms with E-state index >= 15 is 0 Å². The lowest BCUT2D eigenvalue weighted by Gasteiger charge is -2.17. The summed E-state index contributed by atoms with van der Waals surface area (Å²) in [7, 11) is -4.64. The van der Waals surface area contributed by atoms with E-state index in [0.717, 1.165) is 15.4 Å². The van der Waals surface area contributed by atoms with Crippen LogP contribution in [0.5, 0.6) is 0 Å². The standard InChI is InChI=1S/C18H24N2O4S2/c1-12-7-8-16(9-13(12)2)25(21,22)19-18-11-17(10-14(3)15(18)4)26(23,24)20(5)6/h7-11,19H,1-6H3. The lowest BCUT2D eigenvalue weighted by atomic mass is 10.1. The molecule has 2 aromatic carbocycles. The molecular weight excluding hydrogens is 372 g/mol. The summed E-state index contributed by atoms with van der Waals surface area (Å²) in [6, 6.07) is 7.78.